The zero-order valence-corrected chi connectivity index (χ0v) is 19.0. The van der Waals surface area contributed by atoms with E-state index in [2.05, 4.69) is 10.6 Å². The van der Waals surface area contributed by atoms with Crippen LogP contribution in [0.3, 0.4) is 0 Å². The van der Waals surface area contributed by atoms with Crippen molar-refractivity contribution >= 4 is 52.3 Å². The minimum Gasteiger partial charge on any atom is -0.350 e. The summed E-state index contributed by atoms with van der Waals surface area (Å²) in [7, 11) is 0. The van der Waals surface area contributed by atoms with E-state index in [-0.39, 0.29) is 33.4 Å². The van der Waals surface area contributed by atoms with Crippen molar-refractivity contribution in [2.24, 2.45) is 0 Å². The molecule has 0 aliphatic carbocycles. The van der Waals surface area contributed by atoms with Gasteiger partial charge in [-0.2, -0.15) is 0 Å². The van der Waals surface area contributed by atoms with Gasteiger partial charge in [0.1, 0.15) is 10.7 Å². The number of rotatable bonds is 6. The molecule has 8 heteroatoms. The molecule has 4 rings (SSSR count). The molecule has 3 aromatic rings. The summed E-state index contributed by atoms with van der Waals surface area (Å²) in [5, 5.41) is 5.82. The number of anilines is 2. The molecule has 0 saturated carbocycles. The van der Waals surface area contributed by atoms with E-state index < -0.39 is 11.8 Å². The lowest BCUT2D eigenvalue weighted by atomic mass is 10.1. The molecule has 166 valence electrons. The van der Waals surface area contributed by atoms with Gasteiger partial charge in [-0.1, -0.05) is 71.7 Å². The third kappa shape index (κ3) is 4.62. The summed E-state index contributed by atoms with van der Waals surface area (Å²) in [4.78, 5) is 39.3. The summed E-state index contributed by atoms with van der Waals surface area (Å²) < 4.78 is 0. The Balaban J connectivity index is 1.52. The van der Waals surface area contributed by atoms with Gasteiger partial charge in [-0.25, -0.2) is 4.90 Å². The maximum atomic E-state index is 13.0. The minimum atomic E-state index is -0.678. The van der Waals surface area contributed by atoms with Crippen LogP contribution in [0.2, 0.25) is 5.02 Å². The maximum absolute atomic E-state index is 13.0. The first kappa shape index (κ1) is 22.6. The molecule has 33 heavy (non-hydrogen) atoms. The molecule has 1 aliphatic rings. The maximum Gasteiger partial charge on any atom is 0.283 e. The fraction of sp³-hybridized carbons (Fsp3) is 0.0800. The lowest BCUT2D eigenvalue weighted by Crippen LogP contribution is -2.32. The van der Waals surface area contributed by atoms with Gasteiger partial charge in [0.15, 0.2) is 0 Å². The number of hydrogen-bond acceptors (Lipinski definition) is 4. The van der Waals surface area contributed by atoms with E-state index in [1.54, 1.807) is 48.5 Å². The summed E-state index contributed by atoms with van der Waals surface area (Å²) in [6.07, 6.45) is 0. The zero-order chi connectivity index (χ0) is 23.5. The Morgan fingerprint density at radius 2 is 1.58 bits per heavy atom. The minimum absolute atomic E-state index is 0.0863. The number of benzene rings is 3. The third-order valence-electron chi connectivity index (χ3n) is 5.16. The van der Waals surface area contributed by atoms with Crippen LogP contribution in [0.15, 0.2) is 89.6 Å². The van der Waals surface area contributed by atoms with Crippen molar-refractivity contribution in [2.75, 3.05) is 10.2 Å². The average Bonchev–Trinajstić information content (AvgIpc) is 3.03. The summed E-state index contributed by atoms with van der Waals surface area (Å²) >= 11 is 12.4. The molecule has 2 N–H and O–H groups in total. The fourth-order valence-electron chi connectivity index (χ4n) is 3.45. The predicted molar refractivity (Wildman–Crippen MR) is 129 cm³/mol. The van der Waals surface area contributed by atoms with E-state index >= 15 is 0 Å². The normalized spacial score (nSPS) is 14.5. The first-order valence-electron chi connectivity index (χ1n) is 10.1. The van der Waals surface area contributed by atoms with Crippen LogP contribution in [0.1, 0.15) is 28.9 Å². The number of para-hydroxylation sites is 1. The molecular formula is C25H19Cl2N3O3. The van der Waals surface area contributed by atoms with Gasteiger partial charge in [0.05, 0.1) is 16.8 Å². The molecule has 0 saturated heterocycles. The van der Waals surface area contributed by atoms with Gasteiger partial charge in [-0.3, -0.25) is 14.4 Å². The summed E-state index contributed by atoms with van der Waals surface area (Å²) in [5.74, 6) is -1.59. The van der Waals surface area contributed by atoms with Gasteiger partial charge >= 0.3 is 0 Å². The fourth-order valence-corrected chi connectivity index (χ4v) is 3.88. The van der Waals surface area contributed by atoms with Gasteiger partial charge in [0, 0.05) is 11.3 Å². The summed E-state index contributed by atoms with van der Waals surface area (Å²) in [6.45, 7) is 1.89. The second kappa shape index (κ2) is 9.48. The van der Waals surface area contributed by atoms with Gasteiger partial charge < -0.3 is 10.6 Å². The zero-order valence-electron chi connectivity index (χ0n) is 17.5. The van der Waals surface area contributed by atoms with E-state index in [9.17, 15) is 14.4 Å². The molecule has 3 aromatic carbocycles. The first-order chi connectivity index (χ1) is 15.9. The van der Waals surface area contributed by atoms with Gasteiger partial charge in [0.2, 0.25) is 0 Å². The van der Waals surface area contributed by atoms with Crippen molar-refractivity contribution in [3.8, 4) is 0 Å². The van der Waals surface area contributed by atoms with E-state index in [1.807, 2.05) is 37.3 Å². The van der Waals surface area contributed by atoms with Gasteiger partial charge in [-0.05, 0) is 42.8 Å². The van der Waals surface area contributed by atoms with Crippen LogP contribution in [0.4, 0.5) is 11.4 Å². The standard InChI is InChI=1S/C25H19Cl2N3O3/c1-15(16-8-3-2-4-9-16)28-23(31)17-10-7-11-18(14-17)29-22-21(27)24(32)30(25(22)33)20-13-6-5-12-19(20)26/h2-15,29H,1H3,(H,28,31). The number of carbonyl (C=O) groups excluding carboxylic acids is 3. The van der Waals surface area contributed by atoms with E-state index in [0.717, 1.165) is 10.5 Å². The molecule has 6 nitrogen and oxygen atoms in total. The molecular weight excluding hydrogens is 461 g/mol. The lowest BCUT2D eigenvalue weighted by molar-refractivity contribution is -0.120. The predicted octanol–water partition coefficient (Wildman–Crippen LogP) is 5.27. The lowest BCUT2D eigenvalue weighted by Gasteiger charge is -2.17. The number of hydrogen-bond donors (Lipinski definition) is 2. The Kier molecular flexibility index (Phi) is 6.49. The van der Waals surface area contributed by atoms with Crippen molar-refractivity contribution in [1.29, 1.82) is 0 Å². The van der Waals surface area contributed by atoms with Crippen LogP contribution in [0, 0.1) is 0 Å². The molecule has 0 aromatic heterocycles. The smallest absolute Gasteiger partial charge is 0.283 e. The molecule has 1 unspecified atom stereocenters. The van der Waals surface area contributed by atoms with Gasteiger partial charge in [-0.15, -0.1) is 0 Å². The number of carbonyl (C=O) groups is 3. The number of nitrogens with one attached hydrogen (secondary N) is 2. The molecule has 1 atom stereocenters. The molecule has 3 amide bonds. The Hall–Kier alpha value is -3.61. The topological polar surface area (TPSA) is 78.5 Å². The van der Waals surface area contributed by atoms with E-state index in [1.165, 1.54) is 0 Å². The van der Waals surface area contributed by atoms with E-state index in [4.69, 9.17) is 23.2 Å². The highest BCUT2D eigenvalue weighted by atomic mass is 35.5. The number of imide groups is 1. The summed E-state index contributed by atoms with van der Waals surface area (Å²) in [5.41, 5.74) is 1.96. The monoisotopic (exact) mass is 479 g/mol. The number of amides is 3. The second-order valence-corrected chi connectivity index (χ2v) is 8.18. The second-order valence-electron chi connectivity index (χ2n) is 7.40. The third-order valence-corrected chi connectivity index (χ3v) is 5.83. The Labute approximate surface area is 200 Å². The Morgan fingerprint density at radius 1 is 0.879 bits per heavy atom. The van der Waals surface area contributed by atoms with Crippen LogP contribution < -0.4 is 15.5 Å². The van der Waals surface area contributed by atoms with Crippen LogP contribution in [0.5, 0.6) is 0 Å². The highest BCUT2D eigenvalue weighted by Crippen LogP contribution is 2.34. The van der Waals surface area contributed by atoms with Crippen molar-refractivity contribution in [2.45, 2.75) is 13.0 Å². The van der Waals surface area contributed by atoms with Crippen LogP contribution in [-0.4, -0.2) is 17.7 Å². The number of halogens is 2. The summed E-state index contributed by atoms with van der Waals surface area (Å²) in [6, 6.07) is 22.5. The van der Waals surface area contributed by atoms with Crippen LogP contribution >= 0.6 is 23.2 Å². The number of nitrogens with zero attached hydrogens (tertiary/aromatic N) is 1. The van der Waals surface area contributed by atoms with Crippen LogP contribution in [0.25, 0.3) is 0 Å². The van der Waals surface area contributed by atoms with Crippen molar-refractivity contribution in [3.63, 3.8) is 0 Å². The Bertz CT molecular complexity index is 1270. The quantitative estimate of drug-likeness (QED) is 0.472. The van der Waals surface area contributed by atoms with E-state index in [0.29, 0.717) is 11.3 Å². The van der Waals surface area contributed by atoms with Crippen LogP contribution in [-0.2, 0) is 9.59 Å². The molecule has 0 fully saturated rings. The largest absolute Gasteiger partial charge is 0.350 e. The average molecular weight is 480 g/mol. The van der Waals surface area contributed by atoms with Gasteiger partial charge in [0.25, 0.3) is 17.7 Å². The first-order valence-corrected chi connectivity index (χ1v) is 10.9. The van der Waals surface area contributed by atoms with Crippen molar-refractivity contribution in [1.82, 2.24) is 5.32 Å². The molecule has 1 heterocycles. The Morgan fingerprint density at radius 3 is 2.30 bits per heavy atom. The molecule has 0 bridgehead atoms. The SMILES string of the molecule is CC(NC(=O)c1cccc(NC2=C(Cl)C(=O)N(c3ccccc3Cl)C2=O)c1)c1ccccc1. The molecule has 0 spiro atoms. The molecule has 1 aliphatic heterocycles. The highest BCUT2D eigenvalue weighted by Gasteiger charge is 2.39. The van der Waals surface area contributed by atoms with Crippen molar-refractivity contribution < 1.29 is 14.4 Å². The highest BCUT2D eigenvalue weighted by molar-refractivity contribution is 6.53. The van der Waals surface area contributed by atoms with Crippen molar-refractivity contribution in [3.05, 3.63) is 106 Å². The molecule has 0 radical (unpaired) electrons.